The Bertz CT molecular complexity index is 1150. The number of ether oxygens (including phenoxy) is 3. The summed E-state index contributed by atoms with van der Waals surface area (Å²) >= 11 is 0. The Balaban J connectivity index is 1.20. The van der Waals surface area contributed by atoms with Gasteiger partial charge in [-0.25, -0.2) is 0 Å². The highest BCUT2D eigenvalue weighted by Gasteiger charge is 2.56. The molecule has 6 heteroatoms. The van der Waals surface area contributed by atoms with Gasteiger partial charge in [-0.1, -0.05) is 55.7 Å². The van der Waals surface area contributed by atoms with Crippen LogP contribution in [0.1, 0.15) is 67.6 Å². The maximum absolute atomic E-state index is 14.6. The molecule has 2 aromatic carbocycles. The van der Waals surface area contributed by atoms with Gasteiger partial charge in [0.15, 0.2) is 11.5 Å². The topological polar surface area (TPSA) is 64.6 Å². The van der Waals surface area contributed by atoms with E-state index in [1.54, 1.807) is 0 Å². The van der Waals surface area contributed by atoms with Gasteiger partial charge in [0.05, 0.1) is 31.7 Å². The third-order valence-corrected chi connectivity index (χ3v) is 10.1. The van der Waals surface area contributed by atoms with E-state index in [4.69, 9.17) is 14.2 Å². The Kier molecular flexibility index (Phi) is 6.13. The summed E-state index contributed by atoms with van der Waals surface area (Å²) in [6.45, 7) is 3.95. The van der Waals surface area contributed by atoms with Gasteiger partial charge in [0.25, 0.3) is 0 Å². The second-order valence-electron chi connectivity index (χ2n) is 11.9. The van der Waals surface area contributed by atoms with Crippen molar-refractivity contribution in [2.24, 2.45) is 11.8 Å². The molecule has 4 aliphatic heterocycles. The molecule has 1 unspecified atom stereocenters. The van der Waals surface area contributed by atoms with Crippen LogP contribution in [0.4, 0.5) is 0 Å². The number of rotatable bonds is 3. The van der Waals surface area contributed by atoms with Crippen molar-refractivity contribution in [3.05, 3.63) is 59.2 Å². The van der Waals surface area contributed by atoms with E-state index in [2.05, 4.69) is 46.6 Å². The molecule has 1 aliphatic carbocycles. The molecular weight excluding hydrogens is 464 g/mol. The first kappa shape index (κ1) is 23.5. The van der Waals surface area contributed by atoms with Crippen molar-refractivity contribution in [2.75, 3.05) is 33.0 Å². The minimum Gasteiger partial charge on any atom is -0.454 e. The normalized spacial score (nSPS) is 31.5. The summed E-state index contributed by atoms with van der Waals surface area (Å²) in [6, 6.07) is 15.5. The third-order valence-electron chi connectivity index (χ3n) is 10.1. The number of fused-ring (bicyclic) bond motifs is 4. The van der Waals surface area contributed by atoms with Crippen molar-refractivity contribution in [3.63, 3.8) is 0 Å². The van der Waals surface area contributed by atoms with E-state index in [0.29, 0.717) is 37.0 Å². The number of nitrogens with two attached hydrogens (primary N) is 1. The first-order valence-electron chi connectivity index (χ1n) is 14.4. The van der Waals surface area contributed by atoms with Gasteiger partial charge in [-0.05, 0) is 54.7 Å². The van der Waals surface area contributed by atoms with Gasteiger partial charge in [-0.15, -0.1) is 0 Å². The Morgan fingerprint density at radius 1 is 1.00 bits per heavy atom. The molecule has 2 aromatic rings. The van der Waals surface area contributed by atoms with Crippen LogP contribution in [0.15, 0.2) is 42.5 Å². The molecule has 4 heterocycles. The predicted octanol–water partition coefficient (Wildman–Crippen LogP) is 3.73. The summed E-state index contributed by atoms with van der Waals surface area (Å²) in [5.74, 6) is 3.05. The molecule has 5 aliphatic rings. The lowest BCUT2D eigenvalue weighted by Gasteiger charge is -2.47. The van der Waals surface area contributed by atoms with E-state index in [-0.39, 0.29) is 18.1 Å². The standard InChI is InChI=1S/C31H38N2O4/c34-30(26-16-32-18-31(26)19-35-17-24-25(31)11-12-28-29(24)37-20-36-28)33-14-13-23(21-7-3-1-4-8-21)15-27(33)22-9-5-2-6-10-22/h1,3-4,7-8,11-12,22-23,26-27,32H,2,5-6,9-10,13-20H2/p+1/t23-,26?,27+,31-/m1/s1. The van der Waals surface area contributed by atoms with E-state index in [1.165, 1.54) is 43.2 Å². The SMILES string of the molecule is O=C(C1C[NH2+]C[C@]12COCc1c2ccc2c1OCO2)N1CC[C@@H](c2ccccc2)C[C@H]1C1CCCCC1. The van der Waals surface area contributed by atoms with Gasteiger partial charge < -0.3 is 24.4 Å². The van der Waals surface area contributed by atoms with Crippen LogP contribution in [0.25, 0.3) is 0 Å². The molecule has 2 saturated heterocycles. The molecular formula is C31H39N2O4+. The van der Waals surface area contributed by atoms with Crippen LogP contribution >= 0.6 is 0 Å². The van der Waals surface area contributed by atoms with Crippen LogP contribution in [0, 0.1) is 11.8 Å². The van der Waals surface area contributed by atoms with Crippen LogP contribution < -0.4 is 14.8 Å². The zero-order valence-corrected chi connectivity index (χ0v) is 21.7. The first-order chi connectivity index (χ1) is 18.2. The fraction of sp³-hybridized carbons (Fsp3) is 0.581. The van der Waals surface area contributed by atoms with E-state index >= 15 is 0 Å². The Hall–Kier alpha value is -2.57. The van der Waals surface area contributed by atoms with Gasteiger partial charge >= 0.3 is 0 Å². The van der Waals surface area contributed by atoms with Gasteiger partial charge in [-0.2, -0.15) is 0 Å². The van der Waals surface area contributed by atoms with Crippen molar-refractivity contribution >= 4 is 5.91 Å². The number of benzene rings is 2. The van der Waals surface area contributed by atoms with E-state index in [1.807, 2.05) is 6.07 Å². The van der Waals surface area contributed by atoms with Crippen molar-refractivity contribution < 1.29 is 24.3 Å². The Labute approximate surface area is 219 Å². The number of hydrogen-bond donors (Lipinski definition) is 1. The van der Waals surface area contributed by atoms with Crippen molar-refractivity contribution in [2.45, 2.75) is 68.9 Å². The number of piperidine rings is 1. The van der Waals surface area contributed by atoms with E-state index in [0.717, 1.165) is 49.5 Å². The minimum atomic E-state index is -0.307. The highest BCUT2D eigenvalue weighted by atomic mass is 16.7. The first-order valence-corrected chi connectivity index (χ1v) is 14.4. The molecule has 1 amide bonds. The number of quaternary nitrogens is 1. The number of likely N-dealkylation sites (tertiary alicyclic amines) is 1. The molecule has 196 valence electrons. The molecule has 6 nitrogen and oxygen atoms in total. The number of carbonyl (C=O) groups excluding carboxylic acids is 1. The van der Waals surface area contributed by atoms with Crippen LogP contribution in [0.5, 0.6) is 11.5 Å². The van der Waals surface area contributed by atoms with Crippen LogP contribution in [-0.4, -0.2) is 49.9 Å². The predicted molar refractivity (Wildman–Crippen MR) is 140 cm³/mol. The summed E-state index contributed by atoms with van der Waals surface area (Å²) < 4.78 is 17.7. The average Bonchev–Trinajstić information content (AvgIpc) is 3.62. The summed E-state index contributed by atoms with van der Waals surface area (Å²) in [5, 5.41) is 2.33. The van der Waals surface area contributed by atoms with Crippen molar-refractivity contribution in [3.8, 4) is 11.5 Å². The number of amides is 1. The molecule has 4 atom stereocenters. The molecule has 37 heavy (non-hydrogen) atoms. The fourth-order valence-corrected chi connectivity index (χ4v) is 8.19. The van der Waals surface area contributed by atoms with Crippen LogP contribution in [0.3, 0.4) is 0 Å². The second-order valence-corrected chi connectivity index (χ2v) is 11.9. The van der Waals surface area contributed by atoms with Crippen molar-refractivity contribution in [1.29, 1.82) is 0 Å². The van der Waals surface area contributed by atoms with Crippen LogP contribution in [-0.2, 0) is 21.6 Å². The fourth-order valence-electron chi connectivity index (χ4n) is 8.19. The van der Waals surface area contributed by atoms with Crippen molar-refractivity contribution in [1.82, 2.24) is 4.90 Å². The van der Waals surface area contributed by atoms with E-state index in [9.17, 15) is 4.79 Å². The lowest BCUT2D eigenvalue weighted by molar-refractivity contribution is -0.640. The molecule has 1 spiro atoms. The molecule has 0 radical (unpaired) electrons. The molecule has 3 fully saturated rings. The van der Waals surface area contributed by atoms with Crippen LogP contribution in [0.2, 0.25) is 0 Å². The molecule has 0 aromatic heterocycles. The quantitative estimate of drug-likeness (QED) is 0.693. The average molecular weight is 504 g/mol. The lowest BCUT2D eigenvalue weighted by Crippen LogP contribution is -2.82. The van der Waals surface area contributed by atoms with Gasteiger partial charge in [0, 0.05) is 18.2 Å². The molecule has 1 saturated carbocycles. The summed E-state index contributed by atoms with van der Waals surface area (Å²) in [5.41, 5.74) is 3.45. The summed E-state index contributed by atoms with van der Waals surface area (Å²) in [7, 11) is 0. The lowest BCUT2D eigenvalue weighted by atomic mass is 9.68. The van der Waals surface area contributed by atoms with E-state index < -0.39 is 0 Å². The zero-order valence-electron chi connectivity index (χ0n) is 21.7. The maximum Gasteiger partial charge on any atom is 0.232 e. The largest absolute Gasteiger partial charge is 0.454 e. The number of carbonyl (C=O) groups is 1. The zero-order chi connectivity index (χ0) is 24.8. The monoisotopic (exact) mass is 503 g/mol. The smallest absolute Gasteiger partial charge is 0.232 e. The van der Waals surface area contributed by atoms with Gasteiger partial charge in [0.2, 0.25) is 12.7 Å². The minimum absolute atomic E-state index is 0.0775. The number of nitrogens with zero attached hydrogens (tertiary/aromatic N) is 1. The highest BCUT2D eigenvalue weighted by Crippen LogP contribution is 2.48. The Morgan fingerprint density at radius 3 is 2.73 bits per heavy atom. The third kappa shape index (κ3) is 3.95. The molecule has 0 bridgehead atoms. The highest BCUT2D eigenvalue weighted by molar-refractivity contribution is 5.82. The molecule has 7 rings (SSSR count). The number of hydrogen-bond acceptors (Lipinski definition) is 4. The second kappa shape index (κ2) is 9.63. The van der Waals surface area contributed by atoms with Gasteiger partial charge in [-0.3, -0.25) is 4.79 Å². The summed E-state index contributed by atoms with van der Waals surface area (Å²) in [4.78, 5) is 16.9. The maximum atomic E-state index is 14.6. The Morgan fingerprint density at radius 2 is 1.86 bits per heavy atom. The summed E-state index contributed by atoms with van der Waals surface area (Å²) in [6.07, 6.45) is 8.60. The van der Waals surface area contributed by atoms with Gasteiger partial charge in [0.1, 0.15) is 5.92 Å². The molecule has 2 N–H and O–H groups in total.